The fourth-order valence-electron chi connectivity index (χ4n) is 3.16. The highest BCUT2D eigenvalue weighted by molar-refractivity contribution is 5.34. The van der Waals surface area contributed by atoms with Gasteiger partial charge in [0.15, 0.2) is 0 Å². The molecule has 1 atom stereocenters. The molecule has 0 amide bonds. The van der Waals surface area contributed by atoms with Crippen molar-refractivity contribution < 1.29 is 4.74 Å². The van der Waals surface area contributed by atoms with E-state index in [0.717, 1.165) is 25.6 Å². The van der Waals surface area contributed by atoms with Crippen LogP contribution in [0.4, 0.5) is 0 Å². The van der Waals surface area contributed by atoms with Crippen molar-refractivity contribution in [1.82, 2.24) is 0 Å². The number of benzene rings is 1. The molecule has 1 saturated carbocycles. The molecule has 2 N–H and O–H groups in total. The van der Waals surface area contributed by atoms with E-state index in [4.69, 9.17) is 10.5 Å². The number of ether oxygens (including phenoxy) is 1. The summed E-state index contributed by atoms with van der Waals surface area (Å²) < 4.78 is 5.44. The molecule has 1 unspecified atom stereocenters. The van der Waals surface area contributed by atoms with Gasteiger partial charge in [0.2, 0.25) is 0 Å². The minimum atomic E-state index is 0.212. The molecule has 3 rings (SSSR count). The number of nitrogens with two attached hydrogens (primary N) is 1. The van der Waals surface area contributed by atoms with Crippen molar-refractivity contribution in [1.29, 1.82) is 0 Å². The standard InChI is InChI=1S/C15H21NO/c16-15(7-11-3-1-2-4-11)12-5-6-13-9-17-10-14(13)8-12/h5-6,8,11,15H,1-4,7,9-10,16H2. The van der Waals surface area contributed by atoms with Crippen molar-refractivity contribution >= 4 is 0 Å². The SMILES string of the molecule is NC(CC1CCCC1)c1ccc2c(c1)COC2. The molecule has 2 nitrogen and oxygen atoms in total. The summed E-state index contributed by atoms with van der Waals surface area (Å²) in [5.74, 6) is 0.856. The third kappa shape index (κ3) is 2.38. The van der Waals surface area contributed by atoms with Gasteiger partial charge in [-0.1, -0.05) is 43.9 Å². The van der Waals surface area contributed by atoms with Crippen LogP contribution < -0.4 is 5.73 Å². The molecule has 1 aliphatic heterocycles. The first-order valence-corrected chi connectivity index (χ1v) is 6.78. The monoisotopic (exact) mass is 231 g/mol. The first-order valence-electron chi connectivity index (χ1n) is 6.78. The maximum Gasteiger partial charge on any atom is 0.0725 e. The second kappa shape index (κ2) is 4.79. The topological polar surface area (TPSA) is 35.2 Å². The van der Waals surface area contributed by atoms with E-state index >= 15 is 0 Å². The van der Waals surface area contributed by atoms with Crippen molar-refractivity contribution in [2.24, 2.45) is 11.7 Å². The van der Waals surface area contributed by atoms with E-state index in [-0.39, 0.29) is 6.04 Å². The Labute approximate surface area is 103 Å². The van der Waals surface area contributed by atoms with Gasteiger partial charge < -0.3 is 10.5 Å². The summed E-state index contributed by atoms with van der Waals surface area (Å²) in [4.78, 5) is 0. The van der Waals surface area contributed by atoms with Gasteiger partial charge in [0.25, 0.3) is 0 Å². The van der Waals surface area contributed by atoms with Crippen molar-refractivity contribution in [3.63, 3.8) is 0 Å². The van der Waals surface area contributed by atoms with Gasteiger partial charge in [-0.3, -0.25) is 0 Å². The minimum absolute atomic E-state index is 0.212. The van der Waals surface area contributed by atoms with Crippen LogP contribution in [0.1, 0.15) is 54.8 Å². The van der Waals surface area contributed by atoms with Crippen molar-refractivity contribution in [2.45, 2.75) is 51.4 Å². The van der Waals surface area contributed by atoms with Crippen LogP contribution in [0.2, 0.25) is 0 Å². The zero-order chi connectivity index (χ0) is 11.7. The lowest BCUT2D eigenvalue weighted by atomic mass is 9.93. The third-order valence-electron chi connectivity index (χ3n) is 4.24. The molecular formula is C15H21NO. The molecule has 0 bridgehead atoms. The lowest BCUT2D eigenvalue weighted by Gasteiger charge is -2.17. The van der Waals surface area contributed by atoms with Crippen LogP contribution in [0.5, 0.6) is 0 Å². The van der Waals surface area contributed by atoms with E-state index in [9.17, 15) is 0 Å². The average Bonchev–Trinajstić information content (AvgIpc) is 2.97. The van der Waals surface area contributed by atoms with Gasteiger partial charge >= 0.3 is 0 Å². The van der Waals surface area contributed by atoms with Crippen LogP contribution in [0.15, 0.2) is 18.2 Å². The Kier molecular flexibility index (Phi) is 3.17. The molecule has 2 heteroatoms. The van der Waals surface area contributed by atoms with E-state index < -0.39 is 0 Å². The molecule has 1 aromatic carbocycles. The predicted molar refractivity (Wildman–Crippen MR) is 68.4 cm³/mol. The predicted octanol–water partition coefficient (Wildman–Crippen LogP) is 3.30. The van der Waals surface area contributed by atoms with Crippen molar-refractivity contribution in [3.8, 4) is 0 Å². The van der Waals surface area contributed by atoms with E-state index in [0.29, 0.717) is 0 Å². The lowest BCUT2D eigenvalue weighted by Crippen LogP contribution is -2.14. The number of fused-ring (bicyclic) bond motifs is 1. The zero-order valence-corrected chi connectivity index (χ0v) is 10.3. The number of hydrogen-bond acceptors (Lipinski definition) is 2. The summed E-state index contributed by atoms with van der Waals surface area (Å²) in [5, 5.41) is 0. The van der Waals surface area contributed by atoms with Crippen LogP contribution in [0, 0.1) is 5.92 Å². The maximum absolute atomic E-state index is 6.33. The highest BCUT2D eigenvalue weighted by atomic mass is 16.5. The molecule has 92 valence electrons. The smallest absolute Gasteiger partial charge is 0.0725 e. The van der Waals surface area contributed by atoms with Crippen molar-refractivity contribution in [2.75, 3.05) is 0 Å². The van der Waals surface area contributed by atoms with Crippen molar-refractivity contribution in [3.05, 3.63) is 34.9 Å². The summed E-state index contributed by atoms with van der Waals surface area (Å²) in [7, 11) is 0. The summed E-state index contributed by atoms with van der Waals surface area (Å²) >= 11 is 0. The fraction of sp³-hybridized carbons (Fsp3) is 0.600. The maximum atomic E-state index is 6.33. The van der Waals surface area contributed by atoms with Gasteiger partial charge in [0.05, 0.1) is 13.2 Å². The molecule has 1 heterocycles. The van der Waals surface area contributed by atoms with E-state index in [1.54, 1.807) is 0 Å². The van der Waals surface area contributed by atoms with E-state index in [1.165, 1.54) is 42.4 Å². The lowest BCUT2D eigenvalue weighted by molar-refractivity contribution is 0.134. The second-order valence-electron chi connectivity index (χ2n) is 5.51. The average molecular weight is 231 g/mol. The molecule has 1 fully saturated rings. The van der Waals surface area contributed by atoms with Crippen LogP contribution in [-0.4, -0.2) is 0 Å². The second-order valence-corrected chi connectivity index (χ2v) is 5.51. The van der Waals surface area contributed by atoms with Crippen LogP contribution in [-0.2, 0) is 18.0 Å². The molecule has 17 heavy (non-hydrogen) atoms. The van der Waals surface area contributed by atoms with Gasteiger partial charge in [-0.05, 0) is 29.0 Å². The Morgan fingerprint density at radius 1 is 1.18 bits per heavy atom. The van der Waals surface area contributed by atoms with Crippen LogP contribution >= 0.6 is 0 Å². The molecule has 0 radical (unpaired) electrons. The number of hydrogen-bond donors (Lipinski definition) is 1. The van der Waals surface area contributed by atoms with Gasteiger partial charge in [-0.2, -0.15) is 0 Å². The Morgan fingerprint density at radius 3 is 2.76 bits per heavy atom. The quantitative estimate of drug-likeness (QED) is 0.866. The Morgan fingerprint density at radius 2 is 1.94 bits per heavy atom. The molecule has 0 aromatic heterocycles. The van der Waals surface area contributed by atoms with Crippen LogP contribution in [0.25, 0.3) is 0 Å². The van der Waals surface area contributed by atoms with Gasteiger partial charge in [-0.15, -0.1) is 0 Å². The Bertz CT molecular complexity index is 396. The summed E-state index contributed by atoms with van der Waals surface area (Å²) in [6.07, 6.45) is 6.70. The first kappa shape index (κ1) is 11.2. The van der Waals surface area contributed by atoms with Gasteiger partial charge in [0.1, 0.15) is 0 Å². The first-order chi connectivity index (χ1) is 8.33. The van der Waals surface area contributed by atoms with Gasteiger partial charge in [0, 0.05) is 6.04 Å². The molecular weight excluding hydrogens is 210 g/mol. The largest absolute Gasteiger partial charge is 0.372 e. The molecule has 0 spiro atoms. The van der Waals surface area contributed by atoms with Crippen LogP contribution in [0.3, 0.4) is 0 Å². The fourth-order valence-corrected chi connectivity index (χ4v) is 3.16. The molecule has 1 aliphatic carbocycles. The minimum Gasteiger partial charge on any atom is -0.372 e. The third-order valence-corrected chi connectivity index (χ3v) is 4.24. The molecule has 0 saturated heterocycles. The zero-order valence-electron chi connectivity index (χ0n) is 10.3. The Hall–Kier alpha value is -0.860. The Balaban J connectivity index is 1.70. The molecule has 1 aromatic rings. The molecule has 2 aliphatic rings. The van der Waals surface area contributed by atoms with E-state index in [1.807, 2.05) is 0 Å². The summed E-state index contributed by atoms with van der Waals surface area (Å²) in [6, 6.07) is 6.84. The normalized spacial score (nSPS) is 21.7. The number of rotatable bonds is 3. The highest BCUT2D eigenvalue weighted by Crippen LogP contribution is 2.33. The highest BCUT2D eigenvalue weighted by Gasteiger charge is 2.20. The summed E-state index contributed by atoms with van der Waals surface area (Å²) in [5.41, 5.74) is 10.3. The van der Waals surface area contributed by atoms with Gasteiger partial charge in [-0.25, -0.2) is 0 Å². The van der Waals surface area contributed by atoms with E-state index in [2.05, 4.69) is 18.2 Å². The summed E-state index contributed by atoms with van der Waals surface area (Å²) in [6.45, 7) is 1.53.